The van der Waals surface area contributed by atoms with Gasteiger partial charge >= 0.3 is 5.97 Å². The smallest absolute Gasteiger partial charge is 0.306 e. The maximum Gasteiger partial charge on any atom is 0.306 e. The Bertz CT molecular complexity index is 163. The van der Waals surface area contributed by atoms with Gasteiger partial charge in [0.05, 0.1) is 5.92 Å². The fourth-order valence-corrected chi connectivity index (χ4v) is 1.39. The first-order chi connectivity index (χ1) is 5.11. The van der Waals surface area contributed by atoms with Crippen molar-refractivity contribution < 1.29 is 14.3 Å². The van der Waals surface area contributed by atoms with Crippen LogP contribution in [-0.2, 0) is 4.79 Å². The lowest BCUT2D eigenvalue weighted by Crippen LogP contribution is -2.40. The third-order valence-electron chi connectivity index (χ3n) is 2.16. The summed E-state index contributed by atoms with van der Waals surface area (Å²) < 4.78 is 12.7. The maximum atomic E-state index is 12.7. The minimum absolute atomic E-state index is 0.274. The number of hydrogen-bond acceptors (Lipinski definition) is 2. The van der Waals surface area contributed by atoms with Crippen LogP contribution in [0.5, 0.6) is 0 Å². The molecule has 3 N–H and O–H groups in total. The van der Waals surface area contributed by atoms with Crippen molar-refractivity contribution in [2.75, 3.05) is 0 Å². The number of carboxylic acid groups (broad SMARTS) is 1. The normalized spacial score (nSPS) is 38.5. The molecule has 3 nitrogen and oxygen atoms in total. The van der Waals surface area contributed by atoms with Crippen LogP contribution >= 0.6 is 0 Å². The van der Waals surface area contributed by atoms with Crippen LogP contribution in [0.4, 0.5) is 4.39 Å². The summed E-state index contributed by atoms with van der Waals surface area (Å²) >= 11 is 0. The van der Waals surface area contributed by atoms with Crippen LogP contribution in [-0.4, -0.2) is 23.3 Å². The lowest BCUT2D eigenvalue weighted by atomic mass is 9.85. The molecule has 1 aliphatic carbocycles. The number of carboxylic acids is 1. The molecule has 1 rings (SSSR count). The summed E-state index contributed by atoms with van der Waals surface area (Å²) in [7, 11) is 0. The van der Waals surface area contributed by atoms with E-state index in [-0.39, 0.29) is 12.8 Å². The van der Waals surface area contributed by atoms with Crippen molar-refractivity contribution >= 4 is 5.97 Å². The summed E-state index contributed by atoms with van der Waals surface area (Å²) in [6.45, 7) is 0. The van der Waals surface area contributed by atoms with E-state index in [4.69, 9.17) is 10.8 Å². The molecule has 1 aliphatic rings. The van der Waals surface area contributed by atoms with Crippen LogP contribution in [0.3, 0.4) is 0 Å². The Labute approximate surface area is 64.4 Å². The molecule has 1 saturated carbocycles. The van der Waals surface area contributed by atoms with Crippen molar-refractivity contribution in [3.05, 3.63) is 0 Å². The first-order valence-corrected chi connectivity index (χ1v) is 3.73. The fraction of sp³-hybridized carbons (Fsp3) is 0.857. The van der Waals surface area contributed by atoms with E-state index in [1.807, 2.05) is 0 Å². The number of carbonyl (C=O) groups is 1. The lowest BCUT2D eigenvalue weighted by molar-refractivity contribution is -0.143. The zero-order valence-electron chi connectivity index (χ0n) is 6.16. The number of nitrogens with two attached hydrogens (primary N) is 1. The van der Waals surface area contributed by atoms with Gasteiger partial charge in [-0.3, -0.25) is 4.79 Å². The summed E-state index contributed by atoms with van der Waals surface area (Å²) in [6.07, 6.45) is -0.0237. The zero-order valence-corrected chi connectivity index (χ0v) is 6.16. The number of halogens is 1. The molecule has 0 spiro atoms. The van der Waals surface area contributed by atoms with Crippen LogP contribution in [0.15, 0.2) is 0 Å². The molecule has 0 heterocycles. The topological polar surface area (TPSA) is 63.3 Å². The summed E-state index contributed by atoms with van der Waals surface area (Å²) in [5, 5.41) is 8.56. The molecular formula is C7H12FNO2. The van der Waals surface area contributed by atoms with Crippen LogP contribution in [0, 0.1) is 5.92 Å². The van der Waals surface area contributed by atoms with E-state index in [2.05, 4.69) is 0 Å². The van der Waals surface area contributed by atoms with Crippen LogP contribution in [0.1, 0.15) is 19.3 Å². The standard InChI is InChI=1S/C7H12FNO2/c8-5-2-1-4(7(10)11)3-6(5)9/h4-6H,1-3,9H2,(H,10,11). The SMILES string of the molecule is NC1CC(C(=O)O)CCC1F. The Morgan fingerprint density at radius 3 is 2.64 bits per heavy atom. The van der Waals surface area contributed by atoms with Gasteiger partial charge < -0.3 is 10.8 Å². The molecule has 4 heteroatoms. The molecule has 0 bridgehead atoms. The van der Waals surface area contributed by atoms with E-state index >= 15 is 0 Å². The van der Waals surface area contributed by atoms with Gasteiger partial charge in [0.2, 0.25) is 0 Å². The Kier molecular flexibility index (Phi) is 2.44. The second-order valence-corrected chi connectivity index (χ2v) is 3.03. The molecule has 11 heavy (non-hydrogen) atoms. The Hall–Kier alpha value is -0.640. The molecule has 0 aliphatic heterocycles. The predicted octanol–water partition coefficient (Wildman–Crippen LogP) is 0.536. The molecule has 0 aromatic rings. The minimum atomic E-state index is -1.01. The zero-order chi connectivity index (χ0) is 8.43. The van der Waals surface area contributed by atoms with Crippen molar-refractivity contribution in [1.82, 2.24) is 0 Å². The number of rotatable bonds is 1. The highest BCUT2D eigenvalue weighted by Crippen LogP contribution is 2.25. The van der Waals surface area contributed by atoms with Gasteiger partial charge in [-0.25, -0.2) is 4.39 Å². The average molecular weight is 161 g/mol. The lowest BCUT2D eigenvalue weighted by Gasteiger charge is -2.26. The third-order valence-corrected chi connectivity index (χ3v) is 2.16. The van der Waals surface area contributed by atoms with Crippen molar-refractivity contribution in [1.29, 1.82) is 0 Å². The van der Waals surface area contributed by atoms with Crippen LogP contribution < -0.4 is 5.73 Å². The third kappa shape index (κ3) is 1.89. The van der Waals surface area contributed by atoms with Gasteiger partial charge in [0.1, 0.15) is 6.17 Å². The first-order valence-electron chi connectivity index (χ1n) is 3.73. The Morgan fingerprint density at radius 1 is 1.55 bits per heavy atom. The van der Waals surface area contributed by atoms with Gasteiger partial charge in [-0.15, -0.1) is 0 Å². The van der Waals surface area contributed by atoms with Gasteiger partial charge in [0.15, 0.2) is 0 Å². The van der Waals surface area contributed by atoms with Crippen LogP contribution in [0.2, 0.25) is 0 Å². The maximum absolute atomic E-state index is 12.7. The van der Waals surface area contributed by atoms with E-state index in [0.717, 1.165) is 0 Å². The Balaban J connectivity index is 2.46. The highest BCUT2D eigenvalue weighted by molar-refractivity contribution is 5.70. The van der Waals surface area contributed by atoms with E-state index in [1.54, 1.807) is 0 Å². The fourth-order valence-electron chi connectivity index (χ4n) is 1.39. The summed E-state index contributed by atoms with van der Waals surface area (Å²) in [6, 6.07) is -0.579. The van der Waals surface area contributed by atoms with E-state index in [9.17, 15) is 9.18 Å². The molecule has 0 aromatic heterocycles. The second kappa shape index (κ2) is 3.17. The summed E-state index contributed by atoms with van der Waals surface area (Å²) in [5.41, 5.74) is 5.37. The predicted molar refractivity (Wildman–Crippen MR) is 37.8 cm³/mol. The molecule has 1 fully saturated rings. The molecule has 0 saturated heterocycles. The molecule has 3 atom stereocenters. The van der Waals surface area contributed by atoms with E-state index in [1.165, 1.54) is 0 Å². The van der Waals surface area contributed by atoms with Crippen molar-refractivity contribution in [2.45, 2.75) is 31.5 Å². The number of alkyl halides is 1. The molecule has 0 amide bonds. The largest absolute Gasteiger partial charge is 0.481 e. The Morgan fingerprint density at radius 2 is 2.18 bits per heavy atom. The quantitative estimate of drug-likeness (QED) is 0.589. The van der Waals surface area contributed by atoms with Crippen LogP contribution in [0.25, 0.3) is 0 Å². The van der Waals surface area contributed by atoms with Gasteiger partial charge in [-0.2, -0.15) is 0 Å². The van der Waals surface area contributed by atoms with Gasteiger partial charge in [0, 0.05) is 6.04 Å². The average Bonchev–Trinajstić information content (AvgIpc) is 1.94. The number of aliphatic carboxylic acids is 1. The summed E-state index contributed by atoms with van der Waals surface area (Å²) in [5.74, 6) is -1.29. The monoisotopic (exact) mass is 161 g/mol. The highest BCUT2D eigenvalue weighted by Gasteiger charge is 2.31. The molecule has 3 unspecified atom stereocenters. The van der Waals surface area contributed by atoms with Crippen molar-refractivity contribution in [2.24, 2.45) is 11.7 Å². The van der Waals surface area contributed by atoms with E-state index < -0.39 is 24.1 Å². The molecular weight excluding hydrogens is 149 g/mol. The highest BCUT2D eigenvalue weighted by atomic mass is 19.1. The minimum Gasteiger partial charge on any atom is -0.481 e. The van der Waals surface area contributed by atoms with Crippen molar-refractivity contribution in [3.63, 3.8) is 0 Å². The van der Waals surface area contributed by atoms with Crippen molar-refractivity contribution in [3.8, 4) is 0 Å². The summed E-state index contributed by atoms with van der Waals surface area (Å²) in [4.78, 5) is 10.4. The molecule has 0 radical (unpaired) electrons. The van der Waals surface area contributed by atoms with Gasteiger partial charge in [0.25, 0.3) is 0 Å². The number of hydrogen-bond donors (Lipinski definition) is 2. The van der Waals surface area contributed by atoms with Gasteiger partial charge in [-0.05, 0) is 19.3 Å². The molecule has 0 aromatic carbocycles. The first kappa shape index (κ1) is 8.46. The van der Waals surface area contributed by atoms with Gasteiger partial charge in [-0.1, -0.05) is 0 Å². The molecule has 64 valence electrons. The van der Waals surface area contributed by atoms with E-state index in [0.29, 0.717) is 6.42 Å². The second-order valence-electron chi connectivity index (χ2n) is 3.03.